The minimum atomic E-state index is -1.38. The minimum absolute atomic E-state index is 0.0311. The highest BCUT2D eigenvalue weighted by Crippen LogP contribution is 2.42. The van der Waals surface area contributed by atoms with Crippen LogP contribution in [0.3, 0.4) is 0 Å². The predicted molar refractivity (Wildman–Crippen MR) is 231 cm³/mol. The van der Waals surface area contributed by atoms with Crippen molar-refractivity contribution in [2.75, 3.05) is 26.4 Å². The van der Waals surface area contributed by atoms with Gasteiger partial charge in [-0.2, -0.15) is 0 Å². The lowest BCUT2D eigenvalue weighted by Gasteiger charge is -2.39. The Morgan fingerprint density at radius 2 is 0.610 bits per heavy atom. The van der Waals surface area contributed by atoms with Crippen LogP contribution < -0.4 is 0 Å². The lowest BCUT2D eigenvalue weighted by molar-refractivity contribution is -0.184. The molecule has 3 atom stereocenters. The van der Waals surface area contributed by atoms with Crippen LogP contribution in [0.4, 0.5) is 0 Å². The van der Waals surface area contributed by atoms with E-state index >= 15 is 0 Å². The van der Waals surface area contributed by atoms with Gasteiger partial charge >= 0.3 is 23.9 Å². The van der Waals surface area contributed by atoms with E-state index < -0.39 is 45.0 Å². The third-order valence-corrected chi connectivity index (χ3v) is 14.5. The quantitative estimate of drug-likeness (QED) is 0.128. The molecule has 0 amide bonds. The van der Waals surface area contributed by atoms with Gasteiger partial charge in [0.15, 0.2) is 0 Å². The van der Waals surface area contributed by atoms with Crippen molar-refractivity contribution < 1.29 is 48.3 Å². The van der Waals surface area contributed by atoms with E-state index in [1.165, 1.54) is 12.8 Å². The smallest absolute Gasteiger partial charge is 0.311 e. The first-order chi connectivity index (χ1) is 27.6. The number of rotatable bonds is 14. The molecule has 0 aliphatic heterocycles. The number of ether oxygens (including phenoxy) is 4. The zero-order valence-corrected chi connectivity index (χ0v) is 38.9. The number of hydrogen-bond acceptors (Lipinski definition) is 10. The van der Waals surface area contributed by atoms with Crippen LogP contribution >= 0.6 is 0 Å². The van der Waals surface area contributed by atoms with Gasteiger partial charge in [-0.05, 0) is 144 Å². The highest BCUT2D eigenvalue weighted by Gasteiger charge is 2.46. The Morgan fingerprint density at radius 3 is 0.932 bits per heavy atom. The highest BCUT2D eigenvalue weighted by atomic mass is 16.6. The van der Waals surface area contributed by atoms with Gasteiger partial charge in [-0.1, -0.05) is 77.0 Å². The molecule has 0 aromatic carbocycles. The van der Waals surface area contributed by atoms with Crippen LogP contribution in [0.5, 0.6) is 0 Å². The van der Waals surface area contributed by atoms with Crippen molar-refractivity contribution in [1.82, 2.24) is 0 Å². The number of carbonyl (C=O) groups excluding carboxylic acids is 4. The van der Waals surface area contributed by atoms with Gasteiger partial charge < -0.3 is 29.2 Å². The summed E-state index contributed by atoms with van der Waals surface area (Å²) in [6, 6.07) is 0. The molecule has 0 aromatic heterocycles. The van der Waals surface area contributed by atoms with Gasteiger partial charge in [0.25, 0.3) is 0 Å². The molecule has 3 aliphatic carbocycles. The lowest BCUT2D eigenvalue weighted by atomic mass is 9.72. The Kier molecular flexibility index (Phi) is 20.2. The van der Waals surface area contributed by atoms with Crippen LogP contribution in [-0.2, 0) is 38.1 Å². The van der Waals surface area contributed by atoms with E-state index in [1.807, 2.05) is 41.5 Å². The number of esters is 4. The number of aliphatic hydroxyl groups excluding tert-OH is 2. The first-order valence-corrected chi connectivity index (χ1v) is 23.7. The van der Waals surface area contributed by atoms with Crippen molar-refractivity contribution in [2.24, 2.45) is 44.8 Å². The summed E-state index contributed by atoms with van der Waals surface area (Å²) in [6.45, 7) is 15.7. The average molecular weight is 835 g/mol. The molecule has 3 unspecified atom stereocenters. The van der Waals surface area contributed by atoms with Gasteiger partial charge in [-0.15, -0.1) is 0 Å². The zero-order valence-electron chi connectivity index (χ0n) is 38.9. The van der Waals surface area contributed by atoms with Crippen LogP contribution in [0.1, 0.15) is 204 Å². The molecular weight excluding hydrogens is 749 g/mol. The van der Waals surface area contributed by atoms with Crippen molar-refractivity contribution >= 4 is 23.9 Å². The molecule has 10 nitrogen and oxygen atoms in total. The van der Waals surface area contributed by atoms with E-state index in [9.17, 15) is 29.4 Å². The van der Waals surface area contributed by atoms with Crippen LogP contribution in [0.2, 0.25) is 0 Å². The Morgan fingerprint density at radius 1 is 0.373 bits per heavy atom. The van der Waals surface area contributed by atoms with E-state index in [0.29, 0.717) is 19.3 Å². The monoisotopic (exact) mass is 835 g/mol. The predicted octanol–water partition coefficient (Wildman–Crippen LogP) is 10.5. The lowest BCUT2D eigenvalue weighted by Crippen LogP contribution is -2.48. The van der Waals surface area contributed by atoms with Crippen LogP contribution in [0.25, 0.3) is 0 Å². The third kappa shape index (κ3) is 15.9. The summed E-state index contributed by atoms with van der Waals surface area (Å²) in [5, 5.41) is 20.7. The Labute approximate surface area is 358 Å². The maximum atomic E-state index is 14.3. The summed E-state index contributed by atoms with van der Waals surface area (Å²) >= 11 is 0. The number of hydrogen-bond donors (Lipinski definition) is 2. The second-order valence-electron chi connectivity index (χ2n) is 21.7. The van der Waals surface area contributed by atoms with Crippen molar-refractivity contribution in [3.05, 3.63) is 0 Å². The zero-order chi connectivity index (χ0) is 43.9. The SMILES string of the molecule is CC(C)(C)C(=O)OCC(COC(=O)C(C)(C)C1CCCCCCCC1)(COC(=O)C(C)(C)C1CCCCCC(O)CCC1)COC(=O)C(C)(C)C1CCCC(O)CCC1. The van der Waals surface area contributed by atoms with Crippen LogP contribution in [0, 0.1) is 44.8 Å². The summed E-state index contributed by atoms with van der Waals surface area (Å²) in [5.41, 5.74) is -4.72. The Bertz CT molecular complexity index is 1290. The van der Waals surface area contributed by atoms with E-state index in [2.05, 4.69) is 0 Å². The molecule has 3 saturated carbocycles. The fourth-order valence-corrected chi connectivity index (χ4v) is 9.52. The fourth-order valence-electron chi connectivity index (χ4n) is 9.52. The summed E-state index contributed by atoms with van der Waals surface area (Å²) in [5.74, 6) is -1.45. The maximum Gasteiger partial charge on any atom is 0.311 e. The highest BCUT2D eigenvalue weighted by molar-refractivity contribution is 5.78. The molecule has 3 fully saturated rings. The first-order valence-electron chi connectivity index (χ1n) is 23.7. The first kappa shape index (κ1) is 51.2. The molecule has 59 heavy (non-hydrogen) atoms. The van der Waals surface area contributed by atoms with Gasteiger partial charge in [0.05, 0.1) is 33.9 Å². The maximum absolute atomic E-state index is 14.3. The minimum Gasteiger partial charge on any atom is -0.464 e. The third-order valence-electron chi connectivity index (χ3n) is 14.5. The topological polar surface area (TPSA) is 146 Å². The second-order valence-corrected chi connectivity index (χ2v) is 21.7. The summed E-state index contributed by atoms with van der Waals surface area (Å²) in [7, 11) is 0. The molecule has 0 bridgehead atoms. The van der Waals surface area contributed by atoms with Crippen LogP contribution in [0.15, 0.2) is 0 Å². The summed E-state index contributed by atoms with van der Waals surface area (Å²) in [4.78, 5) is 56.1. The molecule has 342 valence electrons. The molecule has 3 aliphatic rings. The van der Waals surface area contributed by atoms with Gasteiger partial charge in [0.2, 0.25) is 0 Å². The molecule has 0 radical (unpaired) electrons. The normalized spacial score (nSPS) is 25.3. The second kappa shape index (κ2) is 23.3. The van der Waals surface area contributed by atoms with E-state index in [1.54, 1.807) is 20.8 Å². The van der Waals surface area contributed by atoms with Gasteiger partial charge in [-0.3, -0.25) is 19.2 Å². The van der Waals surface area contributed by atoms with Crippen molar-refractivity contribution in [3.8, 4) is 0 Å². The fraction of sp³-hybridized carbons (Fsp3) is 0.918. The van der Waals surface area contributed by atoms with E-state index in [4.69, 9.17) is 18.9 Å². The molecule has 3 rings (SSSR count). The molecule has 0 aromatic rings. The molecule has 2 N–H and O–H groups in total. The van der Waals surface area contributed by atoms with Gasteiger partial charge in [0.1, 0.15) is 31.8 Å². The number of aliphatic hydroxyl groups is 2. The van der Waals surface area contributed by atoms with Crippen LogP contribution in [-0.4, -0.2) is 72.7 Å². The van der Waals surface area contributed by atoms with Crippen molar-refractivity contribution in [1.29, 1.82) is 0 Å². The number of carbonyl (C=O) groups is 4. The van der Waals surface area contributed by atoms with Crippen molar-refractivity contribution in [2.45, 2.75) is 216 Å². The molecule has 0 spiro atoms. The largest absolute Gasteiger partial charge is 0.464 e. The van der Waals surface area contributed by atoms with Gasteiger partial charge in [-0.25, -0.2) is 0 Å². The Balaban J connectivity index is 1.95. The van der Waals surface area contributed by atoms with Gasteiger partial charge in [0, 0.05) is 0 Å². The molecule has 0 saturated heterocycles. The Hall–Kier alpha value is -2.20. The standard InChI is InChI=1S/C49H86O10/c1-45(2,3)41(52)56-32-49(33-57-42(53)46(4,5)36-22-15-12-10-11-13-16-23-36,35-59-44(55)48(8,9)38-26-20-30-40(51)31-21-27-38)34-58-43(54)47(6,7)37-24-17-14-18-28-39(50)29-19-25-37/h36-40,50-51H,10-35H2,1-9H3. The van der Waals surface area contributed by atoms with E-state index in [0.717, 1.165) is 109 Å². The van der Waals surface area contributed by atoms with Crippen molar-refractivity contribution in [3.63, 3.8) is 0 Å². The molecule has 0 heterocycles. The summed E-state index contributed by atoms with van der Waals surface area (Å²) in [6.07, 6.45) is 19.6. The average Bonchev–Trinajstić information content (AvgIpc) is 3.31. The summed E-state index contributed by atoms with van der Waals surface area (Å²) < 4.78 is 24.7. The molecular formula is C49H86O10. The molecule has 10 heteroatoms. The van der Waals surface area contributed by atoms with E-state index in [-0.39, 0.29) is 62.4 Å².